The molecular formula is C18H14N2O4S2. The van der Waals surface area contributed by atoms with Gasteiger partial charge in [-0.25, -0.2) is 4.79 Å². The number of pyridine rings is 1. The van der Waals surface area contributed by atoms with Crippen molar-refractivity contribution in [2.24, 2.45) is 0 Å². The molecule has 0 saturated carbocycles. The number of benzene rings is 1. The molecule has 0 aliphatic carbocycles. The van der Waals surface area contributed by atoms with Gasteiger partial charge in [-0.2, -0.15) is 0 Å². The smallest absolute Gasteiger partial charge is 0.341 e. The summed E-state index contributed by atoms with van der Waals surface area (Å²) in [4.78, 5) is 29.2. The van der Waals surface area contributed by atoms with Crippen molar-refractivity contribution in [3.8, 4) is 5.75 Å². The maximum absolute atomic E-state index is 12.6. The fourth-order valence-corrected chi connectivity index (χ4v) is 3.52. The Morgan fingerprint density at radius 1 is 1.31 bits per heavy atom. The van der Waals surface area contributed by atoms with E-state index in [0.29, 0.717) is 21.5 Å². The van der Waals surface area contributed by atoms with E-state index in [2.05, 4.69) is 4.98 Å². The highest BCUT2D eigenvalue weighted by molar-refractivity contribution is 8.26. The molecule has 3 rings (SSSR count). The van der Waals surface area contributed by atoms with Crippen molar-refractivity contribution in [2.75, 3.05) is 6.61 Å². The first-order valence-electron chi connectivity index (χ1n) is 7.62. The van der Waals surface area contributed by atoms with E-state index in [1.54, 1.807) is 47.6 Å². The zero-order chi connectivity index (χ0) is 18.5. The lowest BCUT2D eigenvalue weighted by Crippen LogP contribution is -2.27. The van der Waals surface area contributed by atoms with Gasteiger partial charge in [-0.1, -0.05) is 42.2 Å². The van der Waals surface area contributed by atoms with Gasteiger partial charge in [0.05, 0.1) is 11.4 Å². The third kappa shape index (κ3) is 4.47. The molecule has 0 bridgehead atoms. The Morgan fingerprint density at radius 2 is 2.08 bits per heavy atom. The Hall–Kier alpha value is -2.71. The Morgan fingerprint density at radius 3 is 2.73 bits per heavy atom. The summed E-state index contributed by atoms with van der Waals surface area (Å²) in [5.74, 6) is -0.727. The Kier molecular flexibility index (Phi) is 5.65. The predicted molar refractivity (Wildman–Crippen MR) is 103 cm³/mol. The maximum atomic E-state index is 12.6. The standard InChI is InChI=1S/C18H14N2O4S2/c21-16(22)11-24-14-5-3-12(4-6-14)8-15-17(23)20(18(25)26-15)10-13-2-1-7-19-9-13/h1-9H,10-11H2,(H,21,22). The van der Waals surface area contributed by atoms with Crippen LogP contribution in [0.3, 0.4) is 0 Å². The number of nitrogens with zero attached hydrogens (tertiary/aromatic N) is 2. The van der Waals surface area contributed by atoms with E-state index in [-0.39, 0.29) is 5.91 Å². The molecule has 1 saturated heterocycles. The third-order valence-corrected chi connectivity index (χ3v) is 4.86. The van der Waals surface area contributed by atoms with Crippen LogP contribution in [0.5, 0.6) is 5.75 Å². The van der Waals surface area contributed by atoms with Crippen LogP contribution in [0.15, 0.2) is 53.7 Å². The molecule has 1 aliphatic rings. The van der Waals surface area contributed by atoms with Gasteiger partial charge in [0.1, 0.15) is 10.1 Å². The lowest BCUT2D eigenvalue weighted by molar-refractivity contribution is -0.139. The van der Waals surface area contributed by atoms with Crippen molar-refractivity contribution in [2.45, 2.75) is 6.54 Å². The van der Waals surface area contributed by atoms with E-state index in [1.165, 1.54) is 11.8 Å². The molecule has 0 unspecified atom stereocenters. The molecule has 0 spiro atoms. The molecule has 0 radical (unpaired) electrons. The maximum Gasteiger partial charge on any atom is 0.341 e. The van der Waals surface area contributed by atoms with E-state index in [0.717, 1.165) is 11.1 Å². The van der Waals surface area contributed by atoms with Gasteiger partial charge in [0.15, 0.2) is 6.61 Å². The highest BCUT2D eigenvalue weighted by atomic mass is 32.2. The molecule has 0 atom stereocenters. The number of aliphatic carboxylic acids is 1. The molecule has 6 nitrogen and oxygen atoms in total. The van der Waals surface area contributed by atoms with E-state index in [4.69, 9.17) is 22.1 Å². The summed E-state index contributed by atoms with van der Waals surface area (Å²) >= 11 is 6.57. The van der Waals surface area contributed by atoms with Crippen molar-refractivity contribution >= 4 is 46.3 Å². The number of carbonyl (C=O) groups excluding carboxylic acids is 1. The fraction of sp³-hybridized carbons (Fsp3) is 0.111. The van der Waals surface area contributed by atoms with Gasteiger partial charge in [-0.3, -0.25) is 14.7 Å². The molecular weight excluding hydrogens is 372 g/mol. The number of aromatic nitrogens is 1. The van der Waals surface area contributed by atoms with Crippen LogP contribution in [0.4, 0.5) is 0 Å². The summed E-state index contributed by atoms with van der Waals surface area (Å²) in [6, 6.07) is 10.5. The van der Waals surface area contributed by atoms with Gasteiger partial charge in [0.2, 0.25) is 0 Å². The van der Waals surface area contributed by atoms with Crippen molar-refractivity contribution in [1.82, 2.24) is 9.88 Å². The van der Waals surface area contributed by atoms with Gasteiger partial charge in [-0.15, -0.1) is 0 Å². The predicted octanol–water partition coefficient (Wildman–Crippen LogP) is 2.95. The monoisotopic (exact) mass is 386 g/mol. The Labute approximate surface area is 159 Å². The molecule has 1 aromatic heterocycles. The average molecular weight is 386 g/mol. The van der Waals surface area contributed by atoms with E-state index < -0.39 is 12.6 Å². The first kappa shape index (κ1) is 18.1. The second-order valence-corrected chi connectivity index (χ2v) is 7.06. The normalized spacial score (nSPS) is 15.5. The number of thioether (sulfide) groups is 1. The average Bonchev–Trinajstić information content (AvgIpc) is 2.89. The molecule has 26 heavy (non-hydrogen) atoms. The van der Waals surface area contributed by atoms with Crippen molar-refractivity contribution in [3.63, 3.8) is 0 Å². The summed E-state index contributed by atoms with van der Waals surface area (Å²) in [7, 11) is 0. The molecule has 1 amide bonds. The third-order valence-electron chi connectivity index (χ3n) is 3.48. The molecule has 2 heterocycles. The van der Waals surface area contributed by atoms with Crippen molar-refractivity contribution in [3.05, 3.63) is 64.8 Å². The van der Waals surface area contributed by atoms with Crippen LogP contribution in [0.1, 0.15) is 11.1 Å². The minimum atomic E-state index is -1.04. The highest BCUT2D eigenvalue weighted by Crippen LogP contribution is 2.33. The minimum absolute atomic E-state index is 0.143. The molecule has 1 aliphatic heterocycles. The lowest BCUT2D eigenvalue weighted by atomic mass is 10.2. The second kappa shape index (κ2) is 8.11. The summed E-state index contributed by atoms with van der Waals surface area (Å²) in [6.45, 7) is -0.00976. The lowest BCUT2D eigenvalue weighted by Gasteiger charge is -2.13. The SMILES string of the molecule is O=C(O)COc1ccc(C=C2SC(=S)N(Cc3cccnc3)C2=O)cc1. The van der Waals surface area contributed by atoms with Crippen molar-refractivity contribution in [1.29, 1.82) is 0 Å². The van der Waals surface area contributed by atoms with Gasteiger partial charge >= 0.3 is 5.97 Å². The summed E-state index contributed by atoms with van der Waals surface area (Å²) < 4.78 is 5.59. The number of ether oxygens (including phenoxy) is 1. The quantitative estimate of drug-likeness (QED) is 0.604. The highest BCUT2D eigenvalue weighted by Gasteiger charge is 2.31. The van der Waals surface area contributed by atoms with E-state index >= 15 is 0 Å². The summed E-state index contributed by atoms with van der Waals surface area (Å²) in [5, 5.41) is 8.61. The van der Waals surface area contributed by atoms with Crippen LogP contribution in [-0.4, -0.2) is 37.8 Å². The fourth-order valence-electron chi connectivity index (χ4n) is 2.27. The molecule has 132 valence electrons. The summed E-state index contributed by atoms with van der Waals surface area (Å²) in [5.41, 5.74) is 1.71. The van der Waals surface area contributed by atoms with E-state index in [9.17, 15) is 9.59 Å². The van der Waals surface area contributed by atoms with E-state index in [1.807, 2.05) is 12.1 Å². The van der Waals surface area contributed by atoms with Crippen molar-refractivity contribution < 1.29 is 19.4 Å². The zero-order valence-corrected chi connectivity index (χ0v) is 15.1. The molecule has 2 aromatic rings. The second-order valence-electron chi connectivity index (χ2n) is 5.38. The molecule has 1 aromatic carbocycles. The van der Waals surface area contributed by atoms with Crippen LogP contribution in [0.25, 0.3) is 6.08 Å². The topological polar surface area (TPSA) is 79.7 Å². The van der Waals surface area contributed by atoms with Gasteiger partial charge in [-0.05, 0) is 35.4 Å². The first-order chi connectivity index (χ1) is 12.5. The Balaban J connectivity index is 1.70. The Bertz CT molecular complexity index is 867. The number of amides is 1. The number of carboxylic acid groups (broad SMARTS) is 1. The number of hydrogen-bond donors (Lipinski definition) is 1. The number of rotatable bonds is 6. The largest absolute Gasteiger partial charge is 0.482 e. The summed E-state index contributed by atoms with van der Waals surface area (Å²) in [6.07, 6.45) is 5.14. The van der Waals surface area contributed by atoms with Gasteiger partial charge < -0.3 is 9.84 Å². The molecule has 1 N–H and O–H groups in total. The van der Waals surface area contributed by atoms with Crippen LogP contribution in [0.2, 0.25) is 0 Å². The zero-order valence-electron chi connectivity index (χ0n) is 13.5. The van der Waals surface area contributed by atoms with Crippen LogP contribution >= 0.6 is 24.0 Å². The van der Waals surface area contributed by atoms with Crippen LogP contribution in [-0.2, 0) is 16.1 Å². The van der Waals surface area contributed by atoms with Crippen LogP contribution in [0, 0.1) is 0 Å². The minimum Gasteiger partial charge on any atom is -0.482 e. The van der Waals surface area contributed by atoms with Gasteiger partial charge in [0.25, 0.3) is 5.91 Å². The number of hydrogen-bond acceptors (Lipinski definition) is 6. The number of carboxylic acids is 1. The van der Waals surface area contributed by atoms with Gasteiger partial charge in [0, 0.05) is 12.4 Å². The van der Waals surface area contributed by atoms with Crippen LogP contribution < -0.4 is 4.74 Å². The molecule has 1 fully saturated rings. The number of carbonyl (C=O) groups is 2. The first-order valence-corrected chi connectivity index (χ1v) is 8.84. The number of thiocarbonyl (C=S) groups is 1. The molecule has 8 heteroatoms.